The van der Waals surface area contributed by atoms with E-state index in [9.17, 15) is 19.7 Å². The normalized spacial score (nSPS) is 11.8. The summed E-state index contributed by atoms with van der Waals surface area (Å²) in [7, 11) is 1.31. The number of ether oxygens (including phenoxy) is 2. The van der Waals surface area contributed by atoms with E-state index in [0.717, 1.165) is 11.1 Å². The van der Waals surface area contributed by atoms with E-state index in [0.29, 0.717) is 5.02 Å². The smallest absolute Gasteiger partial charge is 0.311 e. The number of amides is 2. The molecule has 0 aliphatic rings. The van der Waals surface area contributed by atoms with E-state index in [2.05, 4.69) is 5.32 Å². The molecule has 2 amide bonds. The van der Waals surface area contributed by atoms with E-state index in [-0.39, 0.29) is 36.1 Å². The van der Waals surface area contributed by atoms with Crippen LogP contribution in [0, 0.1) is 10.1 Å². The van der Waals surface area contributed by atoms with Crippen LogP contribution in [0.5, 0.6) is 11.5 Å². The number of carbonyl (C=O) groups excluding carboxylic acids is 2. The van der Waals surface area contributed by atoms with E-state index >= 15 is 0 Å². The fourth-order valence-corrected chi connectivity index (χ4v) is 4.18. The fourth-order valence-electron chi connectivity index (χ4n) is 3.97. The average molecular weight is 554 g/mol. The maximum atomic E-state index is 13.7. The van der Waals surface area contributed by atoms with E-state index in [1.165, 1.54) is 30.2 Å². The predicted octanol–water partition coefficient (Wildman–Crippen LogP) is 5.19. The SMILES string of the molecule is COc1cc(OCC(=O)N(Cc2cccc(Cl)c2)[C@H](Cc2ccccc2)C(=O)NC(C)(C)C)ccc1[N+](=O)[O-]. The summed E-state index contributed by atoms with van der Waals surface area (Å²) in [6.07, 6.45) is 0.278. The quantitative estimate of drug-likeness (QED) is 0.258. The Bertz CT molecular complexity index is 1310. The molecule has 0 heterocycles. The van der Waals surface area contributed by atoms with Gasteiger partial charge in [-0.3, -0.25) is 19.7 Å². The Morgan fingerprint density at radius 1 is 1.03 bits per heavy atom. The topological polar surface area (TPSA) is 111 Å². The molecule has 10 heteroatoms. The number of halogens is 1. The lowest BCUT2D eigenvalue weighted by molar-refractivity contribution is -0.385. The van der Waals surface area contributed by atoms with Gasteiger partial charge in [0.25, 0.3) is 5.91 Å². The molecule has 3 rings (SSSR count). The highest BCUT2D eigenvalue weighted by atomic mass is 35.5. The van der Waals surface area contributed by atoms with Crippen LogP contribution in [0.2, 0.25) is 5.02 Å². The number of nitrogens with one attached hydrogen (secondary N) is 1. The van der Waals surface area contributed by atoms with Crippen LogP contribution >= 0.6 is 11.6 Å². The number of methoxy groups -OCH3 is 1. The van der Waals surface area contributed by atoms with Gasteiger partial charge in [0.05, 0.1) is 12.0 Å². The number of hydrogen-bond donors (Lipinski definition) is 1. The first-order valence-electron chi connectivity index (χ1n) is 12.3. The van der Waals surface area contributed by atoms with E-state index < -0.39 is 29.0 Å². The number of nitro groups is 1. The maximum Gasteiger partial charge on any atom is 0.311 e. The summed E-state index contributed by atoms with van der Waals surface area (Å²) in [6.45, 7) is 5.33. The van der Waals surface area contributed by atoms with Crippen molar-refractivity contribution in [2.24, 2.45) is 0 Å². The van der Waals surface area contributed by atoms with Crippen LogP contribution in [-0.4, -0.2) is 46.9 Å². The minimum atomic E-state index is -0.854. The first-order chi connectivity index (χ1) is 18.5. The number of carbonyl (C=O) groups is 2. The lowest BCUT2D eigenvalue weighted by Crippen LogP contribution is -2.55. The third kappa shape index (κ3) is 8.71. The van der Waals surface area contributed by atoms with Crippen LogP contribution in [-0.2, 0) is 22.6 Å². The van der Waals surface area contributed by atoms with Gasteiger partial charge >= 0.3 is 5.69 Å². The highest BCUT2D eigenvalue weighted by Crippen LogP contribution is 2.31. The Morgan fingerprint density at radius 2 is 1.72 bits per heavy atom. The molecule has 0 fully saturated rings. The van der Waals surface area contributed by atoms with Crippen molar-refractivity contribution in [1.82, 2.24) is 10.2 Å². The molecule has 9 nitrogen and oxygen atoms in total. The van der Waals surface area contributed by atoms with Gasteiger partial charge in [0.2, 0.25) is 11.7 Å². The minimum Gasteiger partial charge on any atom is -0.490 e. The van der Waals surface area contributed by atoms with Crippen LogP contribution in [0.4, 0.5) is 5.69 Å². The largest absolute Gasteiger partial charge is 0.490 e. The highest BCUT2D eigenvalue weighted by molar-refractivity contribution is 6.30. The summed E-state index contributed by atoms with van der Waals surface area (Å²) in [6, 6.07) is 19.7. The van der Waals surface area contributed by atoms with Gasteiger partial charge in [-0.2, -0.15) is 0 Å². The molecule has 0 bridgehead atoms. The number of benzene rings is 3. The number of nitrogens with zero attached hydrogens (tertiary/aromatic N) is 2. The average Bonchev–Trinajstić information content (AvgIpc) is 2.88. The monoisotopic (exact) mass is 553 g/mol. The Kier molecular flexibility index (Phi) is 9.89. The number of nitro benzene ring substituents is 1. The number of hydrogen-bond acceptors (Lipinski definition) is 6. The molecule has 39 heavy (non-hydrogen) atoms. The van der Waals surface area contributed by atoms with Gasteiger partial charge in [-0.05, 0) is 50.1 Å². The van der Waals surface area contributed by atoms with Gasteiger partial charge in [0, 0.05) is 35.7 Å². The van der Waals surface area contributed by atoms with E-state index in [1.807, 2.05) is 57.2 Å². The molecule has 1 atom stereocenters. The molecular weight excluding hydrogens is 522 g/mol. The summed E-state index contributed by atoms with van der Waals surface area (Å²) in [5, 5.41) is 14.7. The van der Waals surface area contributed by atoms with Crippen molar-refractivity contribution >= 4 is 29.1 Å². The van der Waals surface area contributed by atoms with E-state index in [4.69, 9.17) is 21.1 Å². The molecule has 0 saturated carbocycles. The fraction of sp³-hybridized carbons (Fsp3) is 0.310. The summed E-state index contributed by atoms with van der Waals surface area (Å²) in [4.78, 5) is 39.4. The zero-order valence-electron chi connectivity index (χ0n) is 22.3. The molecular formula is C29H32ClN3O6. The maximum absolute atomic E-state index is 13.7. The lowest BCUT2D eigenvalue weighted by atomic mass is 10.0. The third-order valence-corrected chi connectivity index (χ3v) is 5.96. The van der Waals surface area contributed by atoms with Gasteiger partial charge in [0.1, 0.15) is 11.8 Å². The van der Waals surface area contributed by atoms with Crippen LogP contribution < -0.4 is 14.8 Å². The molecule has 0 unspecified atom stereocenters. The molecule has 0 spiro atoms. The van der Waals surface area contributed by atoms with Crippen molar-refractivity contribution in [3.05, 3.63) is 99.1 Å². The van der Waals surface area contributed by atoms with Crippen LogP contribution in [0.25, 0.3) is 0 Å². The minimum absolute atomic E-state index is 0.00671. The zero-order valence-corrected chi connectivity index (χ0v) is 23.1. The summed E-state index contributed by atoms with van der Waals surface area (Å²) in [5.41, 5.74) is 0.884. The van der Waals surface area contributed by atoms with Crippen molar-refractivity contribution in [2.45, 2.75) is 45.3 Å². The number of rotatable bonds is 11. The molecule has 0 aromatic heterocycles. The molecule has 0 radical (unpaired) electrons. The molecule has 0 saturated heterocycles. The second-order valence-corrected chi connectivity index (χ2v) is 10.4. The Morgan fingerprint density at radius 3 is 2.33 bits per heavy atom. The van der Waals surface area contributed by atoms with Crippen molar-refractivity contribution in [3.8, 4) is 11.5 Å². The Labute approximate surface area is 232 Å². The van der Waals surface area contributed by atoms with Crippen molar-refractivity contribution in [1.29, 1.82) is 0 Å². The Balaban J connectivity index is 1.94. The van der Waals surface area contributed by atoms with Gasteiger partial charge in [-0.1, -0.05) is 54.1 Å². The third-order valence-electron chi connectivity index (χ3n) is 5.72. The van der Waals surface area contributed by atoms with Gasteiger partial charge in [0.15, 0.2) is 6.61 Å². The first-order valence-corrected chi connectivity index (χ1v) is 12.7. The van der Waals surface area contributed by atoms with Crippen LogP contribution in [0.1, 0.15) is 31.9 Å². The summed E-state index contributed by atoms with van der Waals surface area (Å²) < 4.78 is 10.8. The molecule has 0 aliphatic carbocycles. The van der Waals surface area contributed by atoms with Crippen LogP contribution in [0.15, 0.2) is 72.8 Å². The van der Waals surface area contributed by atoms with E-state index in [1.54, 1.807) is 18.2 Å². The predicted molar refractivity (Wildman–Crippen MR) is 149 cm³/mol. The van der Waals surface area contributed by atoms with Crippen molar-refractivity contribution in [2.75, 3.05) is 13.7 Å². The standard InChI is InChI=1S/C29H32ClN3O6/c1-29(2,3)31-28(35)25(16-20-9-6-5-7-10-20)32(18-21-11-8-12-22(30)15-21)27(34)19-39-23-13-14-24(33(36)37)26(17-23)38-4/h5-15,17,25H,16,18-19H2,1-4H3,(H,31,35)/t25-/m1/s1. The first kappa shape index (κ1) is 29.4. The summed E-state index contributed by atoms with van der Waals surface area (Å²) in [5.74, 6) is -0.532. The second kappa shape index (κ2) is 13.1. The zero-order chi connectivity index (χ0) is 28.6. The molecule has 1 N–H and O–H groups in total. The lowest BCUT2D eigenvalue weighted by Gasteiger charge is -2.33. The van der Waals surface area contributed by atoms with Crippen molar-refractivity contribution < 1.29 is 24.0 Å². The van der Waals surface area contributed by atoms with Gasteiger partial charge < -0.3 is 19.7 Å². The van der Waals surface area contributed by atoms with Crippen molar-refractivity contribution in [3.63, 3.8) is 0 Å². The van der Waals surface area contributed by atoms with Crippen LogP contribution in [0.3, 0.4) is 0 Å². The molecule has 0 aliphatic heterocycles. The van der Waals surface area contributed by atoms with Gasteiger partial charge in [-0.15, -0.1) is 0 Å². The molecule has 206 valence electrons. The molecule has 3 aromatic rings. The highest BCUT2D eigenvalue weighted by Gasteiger charge is 2.32. The summed E-state index contributed by atoms with van der Waals surface area (Å²) >= 11 is 6.20. The Hall–Kier alpha value is -4.11. The molecule has 3 aromatic carbocycles. The second-order valence-electron chi connectivity index (χ2n) is 9.98. The van der Waals surface area contributed by atoms with Gasteiger partial charge in [-0.25, -0.2) is 0 Å².